The fourth-order valence-electron chi connectivity index (χ4n) is 5.05. The van der Waals surface area contributed by atoms with Gasteiger partial charge in [-0.15, -0.1) is 0 Å². The highest BCUT2D eigenvalue weighted by Gasteiger charge is 2.25. The number of unbranched alkanes of at least 4 members (excludes halogenated alkanes) is 21. The molecule has 0 bridgehead atoms. The summed E-state index contributed by atoms with van der Waals surface area (Å²) in [6.45, 7) is 3.72. The molecule has 0 spiro atoms. The van der Waals surface area contributed by atoms with Crippen LogP contribution >= 0.6 is 7.82 Å². The molecule has 0 heterocycles. The number of phosphoric acid groups is 1. The van der Waals surface area contributed by atoms with Crippen LogP contribution < -0.4 is 5.73 Å². The lowest BCUT2D eigenvalue weighted by Gasteiger charge is -2.19. The van der Waals surface area contributed by atoms with E-state index in [0.29, 0.717) is 6.42 Å². The third-order valence-corrected chi connectivity index (χ3v) is 8.73. The Morgan fingerprint density at radius 2 is 0.977 bits per heavy atom. The number of nitrogens with two attached hydrogens (primary N) is 1. The molecule has 3 N–H and O–H groups in total. The van der Waals surface area contributed by atoms with Gasteiger partial charge in [0, 0.05) is 19.4 Å². The fourth-order valence-corrected chi connectivity index (χ4v) is 5.81. The first kappa shape index (κ1) is 43.0. The monoisotopic (exact) mass is 649 g/mol. The highest BCUT2D eigenvalue weighted by atomic mass is 31.2. The third kappa shape index (κ3) is 31.0. The van der Waals surface area contributed by atoms with Gasteiger partial charge in [-0.25, -0.2) is 4.57 Å². The topological polar surface area (TPSA) is 134 Å². The lowest BCUT2D eigenvalue weighted by Crippen LogP contribution is -2.29. The predicted octanol–water partition coefficient (Wildman–Crippen LogP) is 9.33. The molecule has 44 heavy (non-hydrogen) atoms. The first-order chi connectivity index (χ1) is 21.3. The Kier molecular flexibility index (Phi) is 31.3. The van der Waals surface area contributed by atoms with E-state index in [0.717, 1.165) is 32.1 Å². The van der Waals surface area contributed by atoms with Gasteiger partial charge in [-0.05, 0) is 12.8 Å². The molecule has 0 radical (unpaired) electrons. The van der Waals surface area contributed by atoms with Gasteiger partial charge in [0.2, 0.25) is 0 Å². The summed E-state index contributed by atoms with van der Waals surface area (Å²) in [5, 5.41) is 0. The maximum absolute atomic E-state index is 12.5. The smallest absolute Gasteiger partial charge is 0.462 e. The second kappa shape index (κ2) is 32.0. The summed E-state index contributed by atoms with van der Waals surface area (Å²) in [6, 6.07) is 0. The molecule has 0 aliphatic carbocycles. The molecule has 0 aromatic carbocycles. The molecule has 0 rings (SSSR count). The number of carbonyl (C=O) groups is 2. The van der Waals surface area contributed by atoms with Gasteiger partial charge in [-0.3, -0.25) is 18.6 Å². The molecule has 0 aliphatic heterocycles. The van der Waals surface area contributed by atoms with Crippen LogP contribution in [0.2, 0.25) is 0 Å². The van der Waals surface area contributed by atoms with Gasteiger partial charge in [0.05, 0.1) is 13.2 Å². The lowest BCUT2D eigenvalue weighted by molar-refractivity contribution is -0.161. The van der Waals surface area contributed by atoms with E-state index in [1.165, 1.54) is 109 Å². The second-order valence-electron chi connectivity index (χ2n) is 12.1. The van der Waals surface area contributed by atoms with Gasteiger partial charge in [0.1, 0.15) is 6.61 Å². The van der Waals surface area contributed by atoms with Crippen LogP contribution in [0.25, 0.3) is 0 Å². The lowest BCUT2D eigenvalue weighted by atomic mass is 10.0. The zero-order valence-electron chi connectivity index (χ0n) is 28.4. The van der Waals surface area contributed by atoms with Crippen LogP contribution in [0.1, 0.15) is 174 Å². The van der Waals surface area contributed by atoms with E-state index in [2.05, 4.69) is 13.8 Å². The van der Waals surface area contributed by atoms with E-state index in [-0.39, 0.29) is 38.6 Å². The highest BCUT2D eigenvalue weighted by molar-refractivity contribution is 7.47. The Morgan fingerprint density at radius 1 is 0.591 bits per heavy atom. The van der Waals surface area contributed by atoms with Gasteiger partial charge >= 0.3 is 19.8 Å². The molecule has 0 amide bonds. The van der Waals surface area contributed by atoms with E-state index in [4.69, 9.17) is 24.3 Å². The summed E-state index contributed by atoms with van der Waals surface area (Å²) < 4.78 is 32.5. The minimum Gasteiger partial charge on any atom is -0.462 e. The van der Waals surface area contributed by atoms with Crippen LogP contribution in [-0.2, 0) is 32.7 Å². The normalized spacial score (nSPS) is 13.5. The minimum absolute atomic E-state index is 0.0576. The van der Waals surface area contributed by atoms with Crippen molar-refractivity contribution in [1.29, 1.82) is 0 Å². The predicted molar refractivity (Wildman–Crippen MR) is 178 cm³/mol. The molecule has 0 aromatic rings. The molecular weight excluding hydrogens is 581 g/mol. The molecule has 262 valence electrons. The van der Waals surface area contributed by atoms with E-state index < -0.39 is 26.5 Å². The summed E-state index contributed by atoms with van der Waals surface area (Å²) in [5.41, 5.74) is 5.32. The van der Waals surface area contributed by atoms with Gasteiger partial charge in [-0.2, -0.15) is 0 Å². The fraction of sp³-hybridized carbons (Fsp3) is 0.941. The van der Waals surface area contributed by atoms with Gasteiger partial charge < -0.3 is 20.1 Å². The number of phosphoric ester groups is 1. The molecule has 0 saturated carbocycles. The first-order valence-electron chi connectivity index (χ1n) is 18.0. The van der Waals surface area contributed by atoms with E-state index in [1.54, 1.807) is 0 Å². The Morgan fingerprint density at radius 3 is 1.39 bits per heavy atom. The summed E-state index contributed by atoms with van der Waals surface area (Å²) in [5.74, 6) is -0.822. The zero-order valence-corrected chi connectivity index (χ0v) is 29.3. The molecule has 1 unspecified atom stereocenters. The largest absolute Gasteiger partial charge is 0.472 e. The van der Waals surface area contributed by atoms with Crippen molar-refractivity contribution in [3.05, 3.63) is 0 Å². The van der Waals surface area contributed by atoms with Gasteiger partial charge in [-0.1, -0.05) is 149 Å². The second-order valence-corrected chi connectivity index (χ2v) is 13.6. The molecule has 0 aliphatic rings. The maximum atomic E-state index is 12.5. The SMILES string of the molecule is CCCCCCCCCCCCCCC(=O)OC[C@@H](COP(=O)(O)OCCN)OC(=O)CCCCCCCCCCCCC. The van der Waals surface area contributed by atoms with Crippen molar-refractivity contribution < 1.29 is 37.6 Å². The number of hydrogen-bond donors (Lipinski definition) is 2. The van der Waals surface area contributed by atoms with E-state index >= 15 is 0 Å². The number of carbonyl (C=O) groups excluding carboxylic acids is 2. The standard InChI is InChI=1S/C34H68NO8P/c1-3-5-7-9-11-13-15-17-18-20-22-24-26-33(36)40-30-32(31-42-44(38,39)41-29-28-35)43-34(37)27-25-23-21-19-16-14-12-10-8-6-4-2/h32H,3-31,35H2,1-2H3,(H,38,39)/t32-/m0/s1. The van der Waals surface area contributed by atoms with Crippen molar-refractivity contribution in [2.24, 2.45) is 5.73 Å². The number of rotatable bonds is 34. The molecular formula is C34H68NO8P. The number of hydrogen-bond acceptors (Lipinski definition) is 8. The van der Waals surface area contributed by atoms with Crippen LogP contribution in [0.3, 0.4) is 0 Å². The Balaban J connectivity index is 4.23. The highest BCUT2D eigenvalue weighted by Crippen LogP contribution is 2.43. The zero-order chi connectivity index (χ0) is 32.6. The van der Waals surface area contributed by atoms with Crippen molar-refractivity contribution in [1.82, 2.24) is 0 Å². The van der Waals surface area contributed by atoms with E-state index in [1.807, 2.05) is 0 Å². The molecule has 0 fully saturated rings. The van der Waals surface area contributed by atoms with Crippen LogP contribution in [0.15, 0.2) is 0 Å². The third-order valence-electron chi connectivity index (χ3n) is 7.74. The molecule has 10 heteroatoms. The molecule has 0 saturated heterocycles. The average molecular weight is 650 g/mol. The van der Waals surface area contributed by atoms with Gasteiger partial charge in [0.25, 0.3) is 0 Å². The summed E-state index contributed by atoms with van der Waals surface area (Å²) in [6.07, 6.45) is 27.0. The molecule has 2 atom stereocenters. The summed E-state index contributed by atoms with van der Waals surface area (Å²) >= 11 is 0. The average Bonchev–Trinajstić information content (AvgIpc) is 3.00. The Labute approximate surface area is 269 Å². The molecule has 0 aromatic heterocycles. The van der Waals surface area contributed by atoms with Crippen molar-refractivity contribution >= 4 is 19.8 Å². The van der Waals surface area contributed by atoms with Crippen LogP contribution in [-0.4, -0.2) is 49.3 Å². The maximum Gasteiger partial charge on any atom is 0.472 e. The van der Waals surface area contributed by atoms with Crippen molar-refractivity contribution in [3.63, 3.8) is 0 Å². The number of esters is 2. The van der Waals surface area contributed by atoms with Crippen molar-refractivity contribution in [3.8, 4) is 0 Å². The summed E-state index contributed by atoms with van der Waals surface area (Å²) in [7, 11) is -4.36. The molecule has 9 nitrogen and oxygen atoms in total. The number of ether oxygens (including phenoxy) is 2. The van der Waals surface area contributed by atoms with Crippen LogP contribution in [0, 0.1) is 0 Å². The quantitative estimate of drug-likeness (QED) is 0.0397. The minimum atomic E-state index is -4.36. The van der Waals surface area contributed by atoms with Crippen LogP contribution in [0.5, 0.6) is 0 Å². The Hall–Kier alpha value is -0.990. The van der Waals surface area contributed by atoms with Crippen molar-refractivity contribution in [2.75, 3.05) is 26.4 Å². The first-order valence-corrected chi connectivity index (χ1v) is 19.5. The Bertz CT molecular complexity index is 709. The summed E-state index contributed by atoms with van der Waals surface area (Å²) in [4.78, 5) is 34.6. The van der Waals surface area contributed by atoms with E-state index in [9.17, 15) is 19.0 Å². The van der Waals surface area contributed by atoms with Crippen molar-refractivity contribution in [2.45, 2.75) is 180 Å². The van der Waals surface area contributed by atoms with Gasteiger partial charge in [0.15, 0.2) is 6.10 Å². The van der Waals surface area contributed by atoms with Crippen LogP contribution in [0.4, 0.5) is 0 Å².